The molecule has 3 N–H and O–H groups in total. The summed E-state index contributed by atoms with van der Waals surface area (Å²) in [6.07, 6.45) is 30.0. The fourth-order valence-corrected chi connectivity index (χ4v) is 3.57. The lowest BCUT2D eigenvalue weighted by Gasteiger charge is -2.16. The van der Waals surface area contributed by atoms with Crippen LogP contribution in [0.15, 0.2) is 85.0 Å². The number of carbonyl (C=O) groups excluding carboxylic acids is 2. The van der Waals surface area contributed by atoms with E-state index in [0.717, 1.165) is 51.4 Å². The van der Waals surface area contributed by atoms with Crippen LogP contribution in [0.25, 0.3) is 0 Å². The molecule has 1 aromatic carbocycles. The lowest BCUT2D eigenvalue weighted by Crippen LogP contribution is -2.40. The molecule has 0 saturated carbocycles. The molecule has 0 radical (unpaired) electrons. The van der Waals surface area contributed by atoms with E-state index in [4.69, 9.17) is 4.74 Å². The molecular formula is C33H48N2O4. The van der Waals surface area contributed by atoms with E-state index in [9.17, 15) is 14.7 Å². The molecule has 1 rings (SSSR count). The number of nitrogens with one attached hydrogen (secondary N) is 2. The van der Waals surface area contributed by atoms with Crippen LogP contribution in [0, 0.1) is 0 Å². The van der Waals surface area contributed by atoms with Crippen molar-refractivity contribution >= 4 is 11.8 Å². The van der Waals surface area contributed by atoms with Gasteiger partial charge in [-0.05, 0) is 69.9 Å². The molecule has 1 atom stereocenters. The Hall–Kier alpha value is -3.38. The van der Waals surface area contributed by atoms with Crippen LogP contribution in [0.3, 0.4) is 0 Å². The Morgan fingerprint density at radius 1 is 0.795 bits per heavy atom. The van der Waals surface area contributed by atoms with Gasteiger partial charge < -0.3 is 20.5 Å². The normalized spacial score (nSPS) is 12.9. The van der Waals surface area contributed by atoms with Crippen LogP contribution < -0.4 is 10.6 Å². The second-order valence-electron chi connectivity index (χ2n) is 9.04. The van der Waals surface area contributed by atoms with Gasteiger partial charge in [0.05, 0.1) is 5.56 Å². The maximum absolute atomic E-state index is 12.4. The van der Waals surface area contributed by atoms with Gasteiger partial charge in [0.25, 0.3) is 5.91 Å². The highest BCUT2D eigenvalue weighted by atomic mass is 16.5. The van der Waals surface area contributed by atoms with E-state index in [1.54, 1.807) is 18.2 Å². The Morgan fingerprint density at radius 3 is 1.95 bits per heavy atom. The Balaban J connectivity index is 2.05. The Kier molecular flexibility index (Phi) is 20.5. The number of allylic oxidation sites excluding steroid dienone is 10. The molecule has 0 aliphatic heterocycles. The monoisotopic (exact) mass is 536 g/mol. The summed E-state index contributed by atoms with van der Waals surface area (Å²) in [7, 11) is 0. The van der Waals surface area contributed by atoms with Gasteiger partial charge in [0.15, 0.2) is 0 Å². The topological polar surface area (TPSA) is 87.7 Å². The molecule has 0 aliphatic rings. The molecule has 6 heteroatoms. The number of para-hydroxylation sites is 1. The SMILES string of the molecule is CCC=CCC=CCC=CCC=CCC=CCCCCO[C@H](CC)C(=O)NCCNC(=O)c1ccccc1O. The highest BCUT2D eigenvalue weighted by Crippen LogP contribution is 2.14. The van der Waals surface area contributed by atoms with E-state index in [1.807, 2.05) is 6.92 Å². The number of unbranched alkanes of at least 4 members (excludes halogenated alkanes) is 2. The van der Waals surface area contributed by atoms with E-state index in [2.05, 4.69) is 78.3 Å². The van der Waals surface area contributed by atoms with E-state index in [0.29, 0.717) is 19.6 Å². The summed E-state index contributed by atoms with van der Waals surface area (Å²) in [6, 6.07) is 6.35. The highest BCUT2D eigenvalue weighted by Gasteiger charge is 2.16. The number of benzene rings is 1. The molecule has 0 aromatic heterocycles. The average molecular weight is 537 g/mol. The standard InChI is InChI=1S/C33H48N2O4/c1-3-5-6-7-8-9-10-11-12-13-14-15-16-17-18-19-20-23-28-39-31(4-2)33(38)35-27-26-34-32(37)29-24-21-22-25-30(29)36/h5-6,8-9,11-12,14-15,17-18,21-22,24-25,31,36H,3-4,7,10,13,16,19-20,23,26-28H2,1-2H3,(H,34,37)(H,35,38)/t31-/m1/s1. The van der Waals surface area contributed by atoms with Gasteiger partial charge in [-0.15, -0.1) is 0 Å². The highest BCUT2D eigenvalue weighted by molar-refractivity contribution is 5.96. The first-order valence-electron chi connectivity index (χ1n) is 14.3. The lowest BCUT2D eigenvalue weighted by atomic mass is 10.2. The Labute approximate surface area is 235 Å². The minimum atomic E-state index is -0.493. The van der Waals surface area contributed by atoms with Gasteiger partial charge in [-0.1, -0.05) is 86.7 Å². The summed E-state index contributed by atoms with van der Waals surface area (Å²) >= 11 is 0. The molecular weight excluding hydrogens is 488 g/mol. The summed E-state index contributed by atoms with van der Waals surface area (Å²) in [5.41, 5.74) is 0.211. The predicted molar refractivity (Wildman–Crippen MR) is 162 cm³/mol. The summed E-state index contributed by atoms with van der Waals surface area (Å²) in [6.45, 7) is 5.17. The third-order valence-electron chi connectivity index (χ3n) is 5.76. The number of hydrogen-bond donors (Lipinski definition) is 3. The number of rotatable bonds is 21. The number of amides is 2. The molecule has 6 nitrogen and oxygen atoms in total. The van der Waals surface area contributed by atoms with Crippen LogP contribution in [-0.4, -0.2) is 42.7 Å². The average Bonchev–Trinajstić information content (AvgIpc) is 2.94. The van der Waals surface area contributed by atoms with Gasteiger partial charge in [-0.3, -0.25) is 9.59 Å². The molecule has 1 aromatic rings. The van der Waals surface area contributed by atoms with E-state index < -0.39 is 6.10 Å². The predicted octanol–water partition coefficient (Wildman–Crippen LogP) is 6.96. The van der Waals surface area contributed by atoms with Gasteiger partial charge in [-0.25, -0.2) is 0 Å². The van der Waals surface area contributed by atoms with E-state index >= 15 is 0 Å². The third kappa shape index (κ3) is 17.7. The van der Waals surface area contributed by atoms with Crippen molar-refractivity contribution in [2.45, 2.75) is 77.7 Å². The first kappa shape index (κ1) is 33.6. The quantitative estimate of drug-likeness (QED) is 0.117. The lowest BCUT2D eigenvalue weighted by molar-refractivity contribution is -0.133. The number of phenols is 1. The number of hydrogen-bond acceptors (Lipinski definition) is 4. The first-order valence-corrected chi connectivity index (χ1v) is 14.3. The molecule has 39 heavy (non-hydrogen) atoms. The van der Waals surface area contributed by atoms with E-state index in [1.165, 1.54) is 6.07 Å². The van der Waals surface area contributed by atoms with Crippen LogP contribution >= 0.6 is 0 Å². The van der Waals surface area contributed by atoms with Crippen molar-refractivity contribution in [2.24, 2.45) is 0 Å². The van der Waals surface area contributed by atoms with Crippen molar-refractivity contribution in [2.75, 3.05) is 19.7 Å². The van der Waals surface area contributed by atoms with Gasteiger partial charge in [-0.2, -0.15) is 0 Å². The number of aromatic hydroxyl groups is 1. The molecule has 0 saturated heterocycles. The van der Waals surface area contributed by atoms with Crippen LogP contribution in [0.5, 0.6) is 5.75 Å². The fourth-order valence-electron chi connectivity index (χ4n) is 3.57. The molecule has 0 fully saturated rings. The van der Waals surface area contributed by atoms with Crippen molar-refractivity contribution in [3.8, 4) is 5.75 Å². The summed E-state index contributed by atoms with van der Waals surface area (Å²) in [4.78, 5) is 24.4. The van der Waals surface area contributed by atoms with Crippen molar-refractivity contribution < 1.29 is 19.4 Å². The number of phenolic OH excluding ortho intramolecular Hbond substituents is 1. The van der Waals surface area contributed by atoms with Gasteiger partial charge in [0, 0.05) is 19.7 Å². The summed E-state index contributed by atoms with van der Waals surface area (Å²) in [5, 5.41) is 15.2. The first-order chi connectivity index (χ1) is 19.1. The van der Waals surface area contributed by atoms with E-state index in [-0.39, 0.29) is 29.7 Å². The Bertz CT molecular complexity index is 947. The molecule has 0 bridgehead atoms. The minimum Gasteiger partial charge on any atom is -0.507 e. The molecule has 2 amide bonds. The van der Waals surface area contributed by atoms with Crippen LogP contribution in [-0.2, 0) is 9.53 Å². The minimum absolute atomic E-state index is 0.0696. The number of carbonyl (C=O) groups is 2. The van der Waals surface area contributed by atoms with Crippen LogP contribution in [0.1, 0.15) is 82.0 Å². The second kappa shape index (κ2) is 23.7. The summed E-state index contributed by atoms with van der Waals surface area (Å²) in [5.74, 6) is -0.620. The van der Waals surface area contributed by atoms with Crippen molar-refractivity contribution in [1.29, 1.82) is 0 Å². The van der Waals surface area contributed by atoms with Crippen LogP contribution in [0.4, 0.5) is 0 Å². The van der Waals surface area contributed by atoms with Gasteiger partial charge in [0.1, 0.15) is 11.9 Å². The Morgan fingerprint density at radius 2 is 1.36 bits per heavy atom. The largest absolute Gasteiger partial charge is 0.507 e. The summed E-state index contributed by atoms with van der Waals surface area (Å²) < 4.78 is 5.76. The van der Waals surface area contributed by atoms with Crippen molar-refractivity contribution in [1.82, 2.24) is 10.6 Å². The molecule has 0 unspecified atom stereocenters. The van der Waals surface area contributed by atoms with Gasteiger partial charge >= 0.3 is 0 Å². The smallest absolute Gasteiger partial charge is 0.255 e. The zero-order chi connectivity index (χ0) is 28.4. The second-order valence-corrected chi connectivity index (χ2v) is 9.04. The fraction of sp³-hybridized carbons (Fsp3) is 0.455. The molecule has 0 spiro atoms. The zero-order valence-electron chi connectivity index (χ0n) is 23.8. The van der Waals surface area contributed by atoms with Crippen LogP contribution in [0.2, 0.25) is 0 Å². The third-order valence-corrected chi connectivity index (χ3v) is 5.76. The molecule has 214 valence electrons. The van der Waals surface area contributed by atoms with Gasteiger partial charge in [0.2, 0.25) is 5.91 Å². The maximum atomic E-state index is 12.4. The maximum Gasteiger partial charge on any atom is 0.255 e. The molecule has 0 heterocycles. The van der Waals surface area contributed by atoms with Crippen molar-refractivity contribution in [3.63, 3.8) is 0 Å². The number of ether oxygens (including phenoxy) is 1. The molecule has 0 aliphatic carbocycles. The van der Waals surface area contributed by atoms with Crippen molar-refractivity contribution in [3.05, 3.63) is 90.6 Å². The zero-order valence-corrected chi connectivity index (χ0v) is 23.8.